The minimum atomic E-state index is -0.295. The number of nitrogens with zero attached hydrogens (tertiary/aromatic N) is 5. The smallest absolute Gasteiger partial charge is 0.273 e. The summed E-state index contributed by atoms with van der Waals surface area (Å²) in [6, 6.07) is 3.94. The van der Waals surface area contributed by atoms with E-state index < -0.39 is 0 Å². The first-order chi connectivity index (χ1) is 14.1. The minimum Gasteiger partial charge on any atom is -0.380 e. The molecule has 150 valence electrons. The number of carbonyl (C=O) groups excluding carboxylic acids is 1. The zero-order chi connectivity index (χ0) is 20.3. The third-order valence-electron chi connectivity index (χ3n) is 5.56. The molecular weight excluding hydrogens is 370 g/mol. The zero-order valence-electron chi connectivity index (χ0n) is 16.2. The average molecular weight is 393 g/mol. The van der Waals surface area contributed by atoms with Gasteiger partial charge in [0.05, 0.1) is 18.1 Å². The minimum absolute atomic E-state index is 0.227. The van der Waals surface area contributed by atoms with Crippen LogP contribution in [0.3, 0.4) is 0 Å². The fourth-order valence-electron chi connectivity index (χ4n) is 4.16. The highest BCUT2D eigenvalue weighted by molar-refractivity contribution is 5.97. The molecule has 4 N–H and O–H groups in total. The molecule has 0 radical (unpaired) electrons. The van der Waals surface area contributed by atoms with Gasteiger partial charge in [-0.25, -0.2) is 9.97 Å². The van der Waals surface area contributed by atoms with E-state index in [1.807, 2.05) is 6.07 Å². The Balaban J connectivity index is 1.54. The van der Waals surface area contributed by atoms with Crippen molar-refractivity contribution in [1.29, 1.82) is 5.26 Å². The van der Waals surface area contributed by atoms with Crippen molar-refractivity contribution in [2.24, 2.45) is 0 Å². The van der Waals surface area contributed by atoms with Crippen molar-refractivity contribution in [3.8, 4) is 6.07 Å². The molecule has 1 amide bonds. The van der Waals surface area contributed by atoms with E-state index in [-0.39, 0.29) is 28.9 Å². The lowest BCUT2D eigenvalue weighted by atomic mass is 9.95. The number of carbonyl (C=O) groups is 1. The van der Waals surface area contributed by atoms with Gasteiger partial charge in [0.2, 0.25) is 0 Å². The van der Waals surface area contributed by atoms with Crippen molar-refractivity contribution in [2.75, 3.05) is 24.2 Å². The van der Waals surface area contributed by atoms with Gasteiger partial charge in [-0.15, -0.1) is 10.2 Å². The Kier molecular flexibility index (Phi) is 5.22. The Hall–Kier alpha value is -3.32. The van der Waals surface area contributed by atoms with Crippen LogP contribution in [0.5, 0.6) is 0 Å². The molecule has 1 aliphatic heterocycles. The molecule has 0 aromatic carbocycles. The summed E-state index contributed by atoms with van der Waals surface area (Å²) in [5, 5.41) is 29.8. The number of anilines is 3. The largest absolute Gasteiger partial charge is 0.380 e. The maximum absolute atomic E-state index is 12.3. The van der Waals surface area contributed by atoms with Crippen LogP contribution in [0.25, 0.3) is 0 Å². The SMILES string of the molecule is CNC(=O)c1nnc(Nc2cnc(C#N)cn2)cc1NC1CCC2(CCCN2)C1. The van der Waals surface area contributed by atoms with Gasteiger partial charge in [0.1, 0.15) is 11.9 Å². The summed E-state index contributed by atoms with van der Waals surface area (Å²) in [4.78, 5) is 20.4. The van der Waals surface area contributed by atoms with Crippen LogP contribution in [0, 0.1) is 11.3 Å². The maximum atomic E-state index is 12.3. The van der Waals surface area contributed by atoms with Crippen LogP contribution in [0.4, 0.5) is 17.3 Å². The summed E-state index contributed by atoms with van der Waals surface area (Å²) in [6.45, 7) is 1.08. The number of rotatable bonds is 5. The maximum Gasteiger partial charge on any atom is 0.273 e. The topological polar surface area (TPSA) is 141 Å². The molecule has 2 aromatic heterocycles. The van der Waals surface area contributed by atoms with E-state index in [1.54, 1.807) is 13.1 Å². The predicted octanol–water partition coefficient (Wildman–Crippen LogP) is 1.33. The molecule has 2 unspecified atom stereocenters. The Labute approximate surface area is 168 Å². The first-order valence-corrected chi connectivity index (χ1v) is 9.71. The average Bonchev–Trinajstić information content (AvgIpc) is 3.37. The second-order valence-corrected chi connectivity index (χ2v) is 7.49. The summed E-state index contributed by atoms with van der Waals surface area (Å²) >= 11 is 0. The number of nitrogens with one attached hydrogen (secondary N) is 4. The van der Waals surface area contributed by atoms with E-state index in [2.05, 4.69) is 41.4 Å². The van der Waals surface area contributed by atoms with Crippen molar-refractivity contribution >= 4 is 23.2 Å². The highest BCUT2D eigenvalue weighted by atomic mass is 16.1. The Morgan fingerprint density at radius 1 is 1.28 bits per heavy atom. The molecule has 10 heteroatoms. The standard InChI is InChI=1S/C19H23N9O/c1-21-18(29)17-14(25-12-3-5-19(8-12)4-2-6-24-19)7-15(27-28-17)26-16-11-22-13(9-20)10-23-16/h7,10-12,24H,2-6,8H2,1H3,(H,21,29)(H2,23,25,26,27). The molecule has 1 saturated carbocycles. The van der Waals surface area contributed by atoms with Gasteiger partial charge in [-0.2, -0.15) is 5.26 Å². The number of aromatic nitrogens is 4. The van der Waals surface area contributed by atoms with Gasteiger partial charge in [-0.3, -0.25) is 4.79 Å². The monoisotopic (exact) mass is 393 g/mol. The van der Waals surface area contributed by atoms with Gasteiger partial charge < -0.3 is 21.3 Å². The second kappa shape index (κ2) is 7.97. The van der Waals surface area contributed by atoms with Gasteiger partial charge in [0, 0.05) is 24.7 Å². The van der Waals surface area contributed by atoms with E-state index in [1.165, 1.54) is 25.2 Å². The summed E-state index contributed by atoms with van der Waals surface area (Å²) in [5.74, 6) is 0.578. The molecule has 1 aliphatic carbocycles. The van der Waals surface area contributed by atoms with Crippen molar-refractivity contribution in [1.82, 2.24) is 30.8 Å². The second-order valence-electron chi connectivity index (χ2n) is 7.49. The Morgan fingerprint density at radius 2 is 2.17 bits per heavy atom. The lowest BCUT2D eigenvalue weighted by Gasteiger charge is -2.24. The lowest BCUT2D eigenvalue weighted by Crippen LogP contribution is -2.38. The van der Waals surface area contributed by atoms with Crippen molar-refractivity contribution < 1.29 is 4.79 Å². The van der Waals surface area contributed by atoms with Crippen LogP contribution in [0.1, 0.15) is 48.3 Å². The van der Waals surface area contributed by atoms with Crippen LogP contribution in [0.2, 0.25) is 0 Å². The van der Waals surface area contributed by atoms with Gasteiger partial charge >= 0.3 is 0 Å². The van der Waals surface area contributed by atoms with Crippen LogP contribution >= 0.6 is 0 Å². The Bertz CT molecular complexity index is 932. The molecule has 2 fully saturated rings. The van der Waals surface area contributed by atoms with Crippen LogP contribution < -0.4 is 21.3 Å². The molecular formula is C19H23N9O. The molecule has 3 heterocycles. The summed E-state index contributed by atoms with van der Waals surface area (Å²) in [7, 11) is 1.57. The fourth-order valence-corrected chi connectivity index (χ4v) is 4.16. The van der Waals surface area contributed by atoms with Crippen molar-refractivity contribution in [3.63, 3.8) is 0 Å². The number of hydrogen-bond acceptors (Lipinski definition) is 9. The lowest BCUT2D eigenvalue weighted by molar-refractivity contribution is 0.0958. The summed E-state index contributed by atoms with van der Waals surface area (Å²) < 4.78 is 0. The first-order valence-electron chi connectivity index (χ1n) is 9.71. The molecule has 1 spiro atoms. The summed E-state index contributed by atoms with van der Waals surface area (Å²) in [5.41, 5.74) is 1.34. The molecule has 2 aliphatic rings. The van der Waals surface area contributed by atoms with E-state index >= 15 is 0 Å². The van der Waals surface area contributed by atoms with Crippen LogP contribution in [-0.2, 0) is 0 Å². The fraction of sp³-hybridized carbons (Fsp3) is 0.474. The molecule has 4 rings (SSSR count). The zero-order valence-corrected chi connectivity index (χ0v) is 16.2. The van der Waals surface area contributed by atoms with E-state index in [9.17, 15) is 4.79 Å². The van der Waals surface area contributed by atoms with Crippen molar-refractivity contribution in [3.05, 3.63) is 29.8 Å². The molecule has 29 heavy (non-hydrogen) atoms. The molecule has 10 nitrogen and oxygen atoms in total. The highest BCUT2D eigenvalue weighted by Crippen LogP contribution is 2.38. The quantitative estimate of drug-likeness (QED) is 0.592. The van der Waals surface area contributed by atoms with E-state index in [0.29, 0.717) is 17.3 Å². The summed E-state index contributed by atoms with van der Waals surface area (Å²) in [6.07, 6.45) is 8.43. The van der Waals surface area contributed by atoms with Gasteiger partial charge in [-0.05, 0) is 38.6 Å². The molecule has 0 bridgehead atoms. The van der Waals surface area contributed by atoms with Crippen LogP contribution in [0.15, 0.2) is 18.5 Å². The molecule has 1 saturated heterocycles. The highest BCUT2D eigenvalue weighted by Gasteiger charge is 2.41. The Morgan fingerprint density at radius 3 is 2.86 bits per heavy atom. The number of nitriles is 1. The predicted molar refractivity (Wildman–Crippen MR) is 107 cm³/mol. The first kappa shape index (κ1) is 19.0. The number of hydrogen-bond donors (Lipinski definition) is 4. The normalized spacial score (nSPS) is 23.0. The molecule has 2 aromatic rings. The van der Waals surface area contributed by atoms with Gasteiger partial charge in [0.15, 0.2) is 17.2 Å². The van der Waals surface area contributed by atoms with Gasteiger partial charge in [-0.1, -0.05) is 0 Å². The third kappa shape index (κ3) is 4.09. The van der Waals surface area contributed by atoms with Crippen molar-refractivity contribution in [2.45, 2.75) is 43.7 Å². The third-order valence-corrected chi connectivity index (χ3v) is 5.56. The number of amides is 1. The van der Waals surface area contributed by atoms with E-state index in [4.69, 9.17) is 5.26 Å². The molecule has 2 atom stereocenters. The van der Waals surface area contributed by atoms with E-state index in [0.717, 1.165) is 25.8 Å². The van der Waals surface area contributed by atoms with Gasteiger partial charge in [0.25, 0.3) is 5.91 Å². The van der Waals surface area contributed by atoms with Crippen LogP contribution in [-0.4, -0.2) is 51.2 Å².